The Labute approximate surface area is 213 Å². The summed E-state index contributed by atoms with van der Waals surface area (Å²) in [5.41, 5.74) is -7.29. The lowest BCUT2D eigenvalue weighted by atomic mass is 9.77. The van der Waals surface area contributed by atoms with Crippen molar-refractivity contribution in [3.05, 3.63) is 106 Å². The molecule has 39 heavy (non-hydrogen) atoms. The fourth-order valence-electron chi connectivity index (χ4n) is 3.89. The van der Waals surface area contributed by atoms with Gasteiger partial charge in [-0.25, -0.2) is 13.6 Å². The van der Waals surface area contributed by atoms with E-state index in [-0.39, 0.29) is 17.7 Å². The van der Waals surface area contributed by atoms with Gasteiger partial charge in [0.25, 0.3) is 0 Å². The van der Waals surface area contributed by atoms with Crippen LogP contribution in [0.2, 0.25) is 0 Å². The van der Waals surface area contributed by atoms with Crippen LogP contribution in [-0.2, 0) is 24.3 Å². The van der Waals surface area contributed by atoms with E-state index >= 15 is 0 Å². The first-order chi connectivity index (χ1) is 17.9. The summed E-state index contributed by atoms with van der Waals surface area (Å²) in [4.78, 5) is 12.6. The van der Waals surface area contributed by atoms with E-state index in [1.807, 2.05) is 5.32 Å². The molecule has 210 valence electrons. The molecule has 3 aromatic carbocycles. The van der Waals surface area contributed by atoms with Crippen LogP contribution in [0.5, 0.6) is 0 Å². The molecule has 0 radical (unpaired) electrons. The first-order valence-electron chi connectivity index (χ1n) is 10.8. The van der Waals surface area contributed by atoms with E-state index in [9.17, 15) is 53.1 Å². The van der Waals surface area contributed by atoms with Gasteiger partial charge in [-0.1, -0.05) is 36.4 Å². The number of amides is 2. The highest BCUT2D eigenvalue weighted by atomic mass is 19.4. The minimum absolute atomic E-state index is 0.0896. The largest absolute Gasteiger partial charge is 0.419 e. The quantitative estimate of drug-likeness (QED) is 0.299. The van der Waals surface area contributed by atoms with Crippen LogP contribution < -0.4 is 10.6 Å². The second-order valence-corrected chi connectivity index (χ2v) is 8.41. The number of urea groups is 1. The molecule has 1 atom stereocenters. The molecule has 0 aliphatic carbocycles. The number of carbonyl (C=O) groups is 1. The summed E-state index contributed by atoms with van der Waals surface area (Å²) < 4.78 is 148. The minimum Gasteiger partial charge on any atom is -0.329 e. The van der Waals surface area contributed by atoms with Crippen molar-refractivity contribution in [3.8, 4) is 0 Å². The van der Waals surface area contributed by atoms with Crippen molar-refractivity contribution in [2.45, 2.75) is 30.5 Å². The molecule has 3 rings (SSSR count). The molecule has 0 fully saturated rings. The van der Waals surface area contributed by atoms with Gasteiger partial charge in [-0.05, 0) is 47.0 Å². The van der Waals surface area contributed by atoms with E-state index in [1.54, 1.807) is 0 Å². The van der Waals surface area contributed by atoms with Gasteiger partial charge in [-0.3, -0.25) is 0 Å². The Morgan fingerprint density at radius 3 is 1.87 bits per heavy atom. The molecular weight excluding hydrogens is 553 g/mol. The Kier molecular flexibility index (Phi) is 8.18. The molecule has 0 aliphatic rings. The Hall–Kier alpha value is -3.84. The molecule has 2 amide bonds. The molecule has 14 heteroatoms. The molecule has 0 aliphatic heterocycles. The van der Waals surface area contributed by atoms with Gasteiger partial charge in [0.1, 0.15) is 18.2 Å². The number of carbonyl (C=O) groups excluding carboxylic acids is 1. The van der Waals surface area contributed by atoms with Crippen LogP contribution >= 0.6 is 0 Å². The summed E-state index contributed by atoms with van der Waals surface area (Å²) in [5, 5.41) is 3.45. The average Bonchev–Trinajstić information content (AvgIpc) is 2.81. The van der Waals surface area contributed by atoms with Crippen molar-refractivity contribution >= 4 is 6.03 Å². The molecule has 1 unspecified atom stereocenters. The number of alkyl halides is 9. The van der Waals surface area contributed by atoms with Gasteiger partial charge in [0.05, 0.1) is 16.7 Å². The summed E-state index contributed by atoms with van der Waals surface area (Å²) in [7, 11) is 0. The van der Waals surface area contributed by atoms with Crippen LogP contribution in [-0.4, -0.2) is 18.8 Å². The maximum Gasteiger partial charge on any atom is 0.419 e. The van der Waals surface area contributed by atoms with Gasteiger partial charge in [0, 0.05) is 6.42 Å². The third kappa shape index (κ3) is 7.39. The monoisotopic (exact) mass is 570 g/mol. The zero-order valence-corrected chi connectivity index (χ0v) is 19.3. The van der Waals surface area contributed by atoms with Crippen molar-refractivity contribution in [3.63, 3.8) is 0 Å². The minimum atomic E-state index is -5.31. The molecule has 0 heterocycles. The predicted octanol–water partition coefficient (Wildman–Crippen LogP) is 7.35. The van der Waals surface area contributed by atoms with Crippen molar-refractivity contribution in [1.29, 1.82) is 0 Å². The van der Waals surface area contributed by atoms with Crippen LogP contribution in [0.4, 0.5) is 53.1 Å². The molecule has 0 spiro atoms. The summed E-state index contributed by atoms with van der Waals surface area (Å²) in [5.74, 6) is -3.27. The van der Waals surface area contributed by atoms with E-state index in [4.69, 9.17) is 0 Å². The van der Waals surface area contributed by atoms with Crippen LogP contribution in [0.15, 0.2) is 66.7 Å². The van der Waals surface area contributed by atoms with E-state index in [0.29, 0.717) is 24.3 Å². The highest BCUT2D eigenvalue weighted by Gasteiger charge is 2.43. The van der Waals surface area contributed by atoms with Gasteiger partial charge < -0.3 is 10.6 Å². The predicted molar refractivity (Wildman–Crippen MR) is 116 cm³/mol. The Balaban J connectivity index is 2.36. The first kappa shape index (κ1) is 29.7. The average molecular weight is 570 g/mol. The summed E-state index contributed by atoms with van der Waals surface area (Å²) in [6, 6.07) is 7.59. The number of hydrogen-bond acceptors (Lipinski definition) is 1. The zero-order valence-electron chi connectivity index (χ0n) is 19.3. The van der Waals surface area contributed by atoms with Crippen LogP contribution in [0.1, 0.15) is 27.8 Å². The number of hydrogen-bond donors (Lipinski definition) is 2. The maximum atomic E-state index is 14.5. The van der Waals surface area contributed by atoms with E-state index < -0.39 is 77.0 Å². The van der Waals surface area contributed by atoms with E-state index in [0.717, 1.165) is 0 Å². The van der Waals surface area contributed by atoms with Crippen molar-refractivity contribution in [2.75, 3.05) is 6.54 Å². The molecule has 3 nitrogen and oxygen atoms in total. The van der Waals surface area contributed by atoms with Gasteiger partial charge >= 0.3 is 24.6 Å². The third-order valence-corrected chi connectivity index (χ3v) is 5.57. The molecule has 0 aromatic heterocycles. The van der Waals surface area contributed by atoms with E-state index in [1.165, 1.54) is 35.6 Å². The van der Waals surface area contributed by atoms with E-state index in [2.05, 4.69) is 0 Å². The lowest BCUT2D eigenvalue weighted by Gasteiger charge is -2.37. The fraction of sp³-hybridized carbons (Fsp3) is 0.240. The van der Waals surface area contributed by atoms with Gasteiger partial charge in [-0.2, -0.15) is 39.5 Å². The maximum absolute atomic E-state index is 14.5. The Morgan fingerprint density at radius 2 is 1.31 bits per heavy atom. The van der Waals surface area contributed by atoms with Gasteiger partial charge in [0.2, 0.25) is 0 Å². The lowest BCUT2D eigenvalue weighted by molar-refractivity contribution is -0.140. The summed E-state index contributed by atoms with van der Waals surface area (Å²) in [6.07, 6.45) is -16.1. The van der Waals surface area contributed by atoms with Crippen LogP contribution in [0.25, 0.3) is 0 Å². The Bertz CT molecular complexity index is 1320. The number of nitrogens with one attached hydrogen (secondary N) is 2. The second-order valence-electron chi connectivity index (χ2n) is 8.41. The van der Waals surface area contributed by atoms with Crippen molar-refractivity contribution in [1.82, 2.24) is 10.6 Å². The molecule has 0 saturated heterocycles. The first-order valence-corrected chi connectivity index (χ1v) is 10.8. The molecule has 0 saturated carbocycles. The molecule has 3 aromatic rings. The topological polar surface area (TPSA) is 41.1 Å². The highest BCUT2D eigenvalue weighted by molar-refractivity contribution is 5.76. The van der Waals surface area contributed by atoms with Gasteiger partial charge in [0.15, 0.2) is 0 Å². The van der Waals surface area contributed by atoms with Gasteiger partial charge in [-0.15, -0.1) is 0 Å². The number of halogens is 11. The number of rotatable bonds is 6. The highest BCUT2D eigenvalue weighted by Crippen LogP contribution is 2.41. The van der Waals surface area contributed by atoms with Crippen LogP contribution in [0.3, 0.4) is 0 Å². The molecular formula is C25H17F11N2O. The third-order valence-electron chi connectivity index (χ3n) is 5.57. The normalized spacial score (nSPS) is 14.0. The number of benzene rings is 3. The zero-order chi connectivity index (χ0) is 29.2. The summed E-state index contributed by atoms with van der Waals surface area (Å²) in [6.45, 7) is -1.91. The van der Waals surface area contributed by atoms with Crippen molar-refractivity contribution in [2.24, 2.45) is 0 Å². The SMILES string of the molecule is O=C(NCC(F)(F)F)NC(Cc1ccccc1)(c1cc(F)cc(C(F)(F)F)c1)c1ccc(F)c(C(F)(F)F)c1. The van der Waals surface area contributed by atoms with Crippen LogP contribution in [0, 0.1) is 11.6 Å². The molecule has 0 bridgehead atoms. The lowest BCUT2D eigenvalue weighted by Crippen LogP contribution is -2.53. The second kappa shape index (κ2) is 10.7. The Morgan fingerprint density at radius 1 is 0.692 bits per heavy atom. The fourth-order valence-corrected chi connectivity index (χ4v) is 3.89. The molecule has 2 N–H and O–H groups in total. The standard InChI is InChI=1S/C25H17F11N2O/c26-18-9-16(8-17(10-18)24(31,32)33)22(12-14-4-2-1-3-5-14,38-21(39)37-13-23(28,29)30)15-6-7-20(27)19(11-15)25(34,35)36/h1-11H,12-13H2,(H2,37,38,39). The summed E-state index contributed by atoms with van der Waals surface area (Å²) >= 11 is 0. The smallest absolute Gasteiger partial charge is 0.329 e. The van der Waals surface area contributed by atoms with Crippen molar-refractivity contribution < 1.29 is 53.1 Å².